The standard InChI is InChI=1S/C19H34O5S/c1-3-4-5-6-7-8-9-10-11-12-13-14-17(20)18-15-16-19(23-18)24-25(2,21)22/h15-17,20H,3-14H2,1-2H3. The normalized spacial score (nSPS) is 13.1. The number of unbranched alkanes of at least 4 members (excludes halogenated alkanes) is 10. The monoisotopic (exact) mass is 374 g/mol. The van der Waals surface area contributed by atoms with E-state index in [2.05, 4.69) is 11.1 Å². The Balaban J connectivity index is 2.04. The Morgan fingerprint density at radius 1 is 0.960 bits per heavy atom. The largest absolute Gasteiger partial charge is 0.427 e. The van der Waals surface area contributed by atoms with E-state index < -0.39 is 16.2 Å². The number of aliphatic hydroxyl groups is 1. The van der Waals surface area contributed by atoms with Gasteiger partial charge < -0.3 is 13.7 Å². The van der Waals surface area contributed by atoms with Crippen molar-refractivity contribution in [2.75, 3.05) is 6.26 Å². The minimum atomic E-state index is -3.60. The van der Waals surface area contributed by atoms with Crippen LogP contribution in [0.4, 0.5) is 0 Å². The third-order valence-corrected chi connectivity index (χ3v) is 4.71. The van der Waals surface area contributed by atoms with Crippen LogP contribution in [0.25, 0.3) is 0 Å². The molecule has 25 heavy (non-hydrogen) atoms. The van der Waals surface area contributed by atoms with Gasteiger partial charge in [-0.05, 0) is 12.5 Å². The number of rotatable bonds is 15. The molecule has 1 unspecified atom stereocenters. The molecule has 0 radical (unpaired) electrons. The zero-order chi connectivity index (χ0) is 18.5. The van der Waals surface area contributed by atoms with Gasteiger partial charge in [0.05, 0.1) is 6.26 Å². The van der Waals surface area contributed by atoms with Crippen molar-refractivity contribution >= 4 is 10.1 Å². The van der Waals surface area contributed by atoms with Crippen LogP contribution in [0, 0.1) is 0 Å². The molecule has 0 fully saturated rings. The summed E-state index contributed by atoms with van der Waals surface area (Å²) in [6.45, 7) is 2.24. The molecule has 0 bridgehead atoms. The van der Waals surface area contributed by atoms with E-state index in [1.165, 1.54) is 63.9 Å². The summed E-state index contributed by atoms with van der Waals surface area (Å²) in [5.41, 5.74) is 0. The van der Waals surface area contributed by atoms with Crippen molar-refractivity contribution in [2.24, 2.45) is 0 Å². The van der Waals surface area contributed by atoms with E-state index >= 15 is 0 Å². The molecule has 0 amide bonds. The summed E-state index contributed by atoms with van der Waals surface area (Å²) in [5, 5.41) is 10.1. The maximum Gasteiger partial charge on any atom is 0.308 e. The number of furan rings is 1. The van der Waals surface area contributed by atoms with Crippen molar-refractivity contribution in [1.29, 1.82) is 0 Å². The van der Waals surface area contributed by atoms with E-state index in [-0.39, 0.29) is 5.95 Å². The first-order valence-electron chi connectivity index (χ1n) is 9.59. The molecule has 6 heteroatoms. The SMILES string of the molecule is CCCCCCCCCCCCCC(O)c1ccc(OS(C)(=O)=O)o1. The molecule has 1 atom stereocenters. The Hall–Kier alpha value is -1.01. The summed E-state index contributed by atoms with van der Waals surface area (Å²) in [7, 11) is -3.60. The maximum absolute atomic E-state index is 11.0. The van der Waals surface area contributed by atoms with Gasteiger partial charge in [0.25, 0.3) is 0 Å². The van der Waals surface area contributed by atoms with E-state index in [0.29, 0.717) is 12.2 Å². The van der Waals surface area contributed by atoms with Crippen molar-refractivity contribution in [3.63, 3.8) is 0 Å². The molecule has 0 aliphatic heterocycles. The number of aliphatic hydroxyl groups excluding tert-OH is 1. The quantitative estimate of drug-likeness (QED) is 0.331. The second kappa shape index (κ2) is 12.4. The first kappa shape index (κ1) is 22.0. The van der Waals surface area contributed by atoms with E-state index in [0.717, 1.165) is 19.1 Å². The average molecular weight is 375 g/mol. The summed E-state index contributed by atoms with van der Waals surface area (Å²) in [6.07, 6.45) is 14.7. The molecule has 0 aromatic carbocycles. The summed E-state index contributed by atoms with van der Waals surface area (Å²) in [4.78, 5) is 0. The highest BCUT2D eigenvalue weighted by Gasteiger charge is 2.15. The first-order valence-corrected chi connectivity index (χ1v) is 11.4. The fourth-order valence-corrected chi connectivity index (χ4v) is 3.24. The number of hydrogen-bond acceptors (Lipinski definition) is 5. The second-order valence-electron chi connectivity index (χ2n) is 6.78. The van der Waals surface area contributed by atoms with Gasteiger partial charge in [-0.25, -0.2) is 0 Å². The maximum atomic E-state index is 11.0. The van der Waals surface area contributed by atoms with Crippen LogP contribution >= 0.6 is 0 Å². The Bertz CT molecular complexity index is 550. The van der Waals surface area contributed by atoms with E-state index in [4.69, 9.17) is 4.42 Å². The first-order chi connectivity index (χ1) is 11.9. The molecule has 0 aliphatic rings. The van der Waals surface area contributed by atoms with Gasteiger partial charge >= 0.3 is 16.1 Å². The zero-order valence-corrected chi connectivity index (χ0v) is 16.5. The van der Waals surface area contributed by atoms with Crippen LogP contribution in [0.15, 0.2) is 16.5 Å². The van der Waals surface area contributed by atoms with Gasteiger partial charge in [0.2, 0.25) is 0 Å². The van der Waals surface area contributed by atoms with Crippen LogP contribution in [0.1, 0.15) is 95.8 Å². The second-order valence-corrected chi connectivity index (χ2v) is 8.36. The highest BCUT2D eigenvalue weighted by Crippen LogP contribution is 2.26. The van der Waals surface area contributed by atoms with Crippen molar-refractivity contribution < 1.29 is 22.1 Å². The molecule has 146 valence electrons. The van der Waals surface area contributed by atoms with Crippen molar-refractivity contribution in [3.05, 3.63) is 17.9 Å². The van der Waals surface area contributed by atoms with Crippen LogP contribution in [0.2, 0.25) is 0 Å². The van der Waals surface area contributed by atoms with Crippen molar-refractivity contribution in [3.8, 4) is 5.95 Å². The van der Waals surface area contributed by atoms with Gasteiger partial charge in [-0.2, -0.15) is 8.42 Å². The highest BCUT2D eigenvalue weighted by molar-refractivity contribution is 7.86. The Morgan fingerprint density at radius 3 is 2.00 bits per heavy atom. The van der Waals surface area contributed by atoms with Gasteiger partial charge in [0, 0.05) is 6.07 Å². The lowest BCUT2D eigenvalue weighted by molar-refractivity contribution is 0.133. The molecule has 0 spiro atoms. The summed E-state index contributed by atoms with van der Waals surface area (Å²) in [6, 6.07) is 2.98. The van der Waals surface area contributed by atoms with Gasteiger partial charge in [0.15, 0.2) is 0 Å². The van der Waals surface area contributed by atoms with E-state index in [1.807, 2.05) is 0 Å². The predicted molar refractivity (Wildman–Crippen MR) is 100 cm³/mol. The number of hydrogen-bond donors (Lipinski definition) is 1. The van der Waals surface area contributed by atoms with Crippen LogP contribution < -0.4 is 4.18 Å². The van der Waals surface area contributed by atoms with Crippen LogP contribution in [0.5, 0.6) is 5.95 Å². The summed E-state index contributed by atoms with van der Waals surface area (Å²) >= 11 is 0. The van der Waals surface area contributed by atoms with E-state index in [9.17, 15) is 13.5 Å². The molecule has 0 saturated carbocycles. The third-order valence-electron chi connectivity index (χ3n) is 4.25. The van der Waals surface area contributed by atoms with E-state index in [1.54, 1.807) is 6.07 Å². The Kier molecular flexibility index (Phi) is 10.9. The molecular formula is C19H34O5S. The van der Waals surface area contributed by atoms with Crippen LogP contribution in [-0.4, -0.2) is 19.8 Å². The molecule has 0 aliphatic carbocycles. The van der Waals surface area contributed by atoms with Gasteiger partial charge in [-0.3, -0.25) is 0 Å². The fraction of sp³-hybridized carbons (Fsp3) is 0.789. The summed E-state index contributed by atoms with van der Waals surface area (Å²) in [5.74, 6) is 0.251. The molecule has 1 aromatic heterocycles. The molecule has 5 nitrogen and oxygen atoms in total. The third kappa shape index (κ3) is 11.3. The molecule has 1 heterocycles. The van der Waals surface area contributed by atoms with Gasteiger partial charge in [0.1, 0.15) is 11.9 Å². The lowest BCUT2D eigenvalue weighted by Crippen LogP contribution is -2.04. The predicted octanol–water partition coefficient (Wildman–Crippen LogP) is 5.35. The Morgan fingerprint density at radius 2 is 1.48 bits per heavy atom. The minimum Gasteiger partial charge on any atom is -0.427 e. The lowest BCUT2D eigenvalue weighted by Gasteiger charge is -2.07. The molecule has 1 aromatic rings. The van der Waals surface area contributed by atoms with Crippen molar-refractivity contribution in [2.45, 2.75) is 90.1 Å². The summed E-state index contributed by atoms with van der Waals surface area (Å²) < 4.78 is 31.9. The Labute approximate surface area is 152 Å². The molecule has 1 rings (SSSR count). The van der Waals surface area contributed by atoms with Gasteiger partial charge in [-0.15, -0.1) is 0 Å². The smallest absolute Gasteiger partial charge is 0.308 e. The highest BCUT2D eigenvalue weighted by atomic mass is 32.2. The fourth-order valence-electron chi connectivity index (χ4n) is 2.85. The molecule has 0 saturated heterocycles. The molecular weight excluding hydrogens is 340 g/mol. The van der Waals surface area contributed by atoms with Crippen LogP contribution in [-0.2, 0) is 10.1 Å². The zero-order valence-electron chi connectivity index (χ0n) is 15.7. The lowest BCUT2D eigenvalue weighted by atomic mass is 10.0. The molecule has 1 N–H and O–H groups in total. The average Bonchev–Trinajstić information content (AvgIpc) is 2.99. The van der Waals surface area contributed by atoms with Crippen LogP contribution in [0.3, 0.4) is 0 Å². The minimum absolute atomic E-state index is 0.101. The van der Waals surface area contributed by atoms with Crippen molar-refractivity contribution in [1.82, 2.24) is 0 Å². The topological polar surface area (TPSA) is 76.7 Å². The van der Waals surface area contributed by atoms with Gasteiger partial charge in [-0.1, -0.05) is 77.6 Å².